The van der Waals surface area contributed by atoms with Gasteiger partial charge in [0.2, 0.25) is 0 Å². The fourth-order valence-corrected chi connectivity index (χ4v) is 0.962. The Labute approximate surface area is 82.3 Å². The van der Waals surface area contributed by atoms with E-state index in [4.69, 9.17) is 5.73 Å². The second-order valence-electron chi connectivity index (χ2n) is 2.74. The topological polar surface area (TPSA) is 72.9 Å². The Morgan fingerprint density at radius 1 is 1.79 bits per heavy atom. The number of nitrogens with one attached hydrogen (secondary N) is 1. The summed E-state index contributed by atoms with van der Waals surface area (Å²) in [7, 11) is 1.74. The molecular formula is C9H12N4O. The van der Waals surface area contributed by atoms with Gasteiger partial charge in [-0.05, 0) is 12.8 Å². The minimum Gasteiger partial charge on any atom is -0.384 e. The molecule has 0 unspecified atom stereocenters. The lowest BCUT2D eigenvalue weighted by Crippen LogP contribution is -2.21. The quantitative estimate of drug-likeness (QED) is 0.628. The van der Waals surface area contributed by atoms with Gasteiger partial charge in [0.05, 0.1) is 6.20 Å². The van der Waals surface area contributed by atoms with Gasteiger partial charge in [-0.15, -0.1) is 0 Å². The third kappa shape index (κ3) is 2.26. The van der Waals surface area contributed by atoms with Crippen LogP contribution in [0.15, 0.2) is 6.20 Å². The highest BCUT2D eigenvalue weighted by Gasteiger charge is 2.04. The van der Waals surface area contributed by atoms with Gasteiger partial charge in [0.15, 0.2) is 0 Å². The molecule has 0 saturated carbocycles. The van der Waals surface area contributed by atoms with E-state index in [1.165, 1.54) is 0 Å². The van der Waals surface area contributed by atoms with Crippen molar-refractivity contribution in [1.29, 1.82) is 0 Å². The number of carbonyl (C=O) groups is 1. The van der Waals surface area contributed by atoms with Crippen LogP contribution >= 0.6 is 0 Å². The number of nitrogens with two attached hydrogens (primary N) is 1. The van der Waals surface area contributed by atoms with E-state index in [0.29, 0.717) is 12.4 Å². The number of anilines is 1. The Hall–Kier alpha value is -1.96. The number of carbonyl (C=O) groups excluding carboxylic acids is 1. The molecule has 0 atom stereocenters. The molecule has 74 valence electrons. The fourth-order valence-electron chi connectivity index (χ4n) is 0.962. The summed E-state index contributed by atoms with van der Waals surface area (Å²) in [4.78, 5) is 11.0. The highest BCUT2D eigenvalue weighted by molar-refractivity contribution is 5.93. The number of hydrogen-bond donors (Lipinski definition) is 2. The maximum absolute atomic E-state index is 11.0. The van der Waals surface area contributed by atoms with E-state index in [1.807, 2.05) is 0 Å². The molecule has 0 aromatic carbocycles. The average molecular weight is 192 g/mol. The first-order valence-corrected chi connectivity index (χ1v) is 4.12. The van der Waals surface area contributed by atoms with Crippen LogP contribution in [-0.4, -0.2) is 15.7 Å². The zero-order valence-electron chi connectivity index (χ0n) is 8.16. The van der Waals surface area contributed by atoms with Crippen molar-refractivity contribution in [1.82, 2.24) is 15.1 Å². The molecule has 0 saturated heterocycles. The van der Waals surface area contributed by atoms with Crippen LogP contribution in [0.25, 0.3) is 0 Å². The van der Waals surface area contributed by atoms with Gasteiger partial charge in [0.1, 0.15) is 5.82 Å². The third-order valence-corrected chi connectivity index (χ3v) is 1.74. The van der Waals surface area contributed by atoms with Gasteiger partial charge in [-0.1, -0.05) is 5.92 Å². The van der Waals surface area contributed by atoms with Gasteiger partial charge in [0.25, 0.3) is 5.91 Å². The number of hydrogen-bond acceptors (Lipinski definition) is 3. The van der Waals surface area contributed by atoms with E-state index in [2.05, 4.69) is 22.3 Å². The van der Waals surface area contributed by atoms with Gasteiger partial charge >= 0.3 is 0 Å². The first-order valence-electron chi connectivity index (χ1n) is 4.12. The van der Waals surface area contributed by atoms with Crippen LogP contribution in [0.4, 0.5) is 5.82 Å². The smallest absolute Gasteiger partial charge is 0.296 e. The van der Waals surface area contributed by atoms with Crippen molar-refractivity contribution in [2.45, 2.75) is 13.5 Å². The molecule has 0 radical (unpaired) electrons. The first kappa shape index (κ1) is 10.1. The molecule has 5 nitrogen and oxygen atoms in total. The molecule has 1 amide bonds. The van der Waals surface area contributed by atoms with E-state index in [0.717, 1.165) is 5.56 Å². The second kappa shape index (κ2) is 4.33. The molecule has 1 rings (SSSR count). The number of nitrogen functional groups attached to an aromatic ring is 1. The minimum absolute atomic E-state index is 0.309. The van der Waals surface area contributed by atoms with Crippen LogP contribution < -0.4 is 11.1 Å². The number of aromatic nitrogens is 2. The molecule has 0 bridgehead atoms. The van der Waals surface area contributed by atoms with Crippen LogP contribution in [0.1, 0.15) is 12.5 Å². The van der Waals surface area contributed by atoms with E-state index in [1.54, 1.807) is 24.9 Å². The molecule has 0 fully saturated rings. The van der Waals surface area contributed by atoms with Gasteiger partial charge in [0, 0.05) is 19.2 Å². The fraction of sp³-hybridized carbons (Fsp3) is 0.333. The van der Waals surface area contributed by atoms with Crippen LogP contribution in [0, 0.1) is 11.8 Å². The van der Waals surface area contributed by atoms with Gasteiger partial charge in [-0.25, -0.2) is 0 Å². The standard InChI is InChI=1S/C9H12N4O/c1-3-4-8(14)11-5-7-6-12-13(2)9(7)10/h6H,5,10H2,1-2H3,(H,11,14). The molecule has 5 heteroatoms. The Bertz CT molecular complexity index is 397. The van der Waals surface area contributed by atoms with Crippen molar-refractivity contribution in [3.63, 3.8) is 0 Å². The summed E-state index contributed by atoms with van der Waals surface area (Å²) in [5, 5.41) is 6.55. The summed E-state index contributed by atoms with van der Waals surface area (Å²) < 4.78 is 1.55. The van der Waals surface area contributed by atoms with Crippen molar-refractivity contribution >= 4 is 11.7 Å². The highest BCUT2D eigenvalue weighted by atomic mass is 16.1. The Kier molecular flexibility index (Phi) is 3.13. The largest absolute Gasteiger partial charge is 0.384 e. The Balaban J connectivity index is 2.57. The zero-order chi connectivity index (χ0) is 10.6. The Morgan fingerprint density at radius 2 is 2.50 bits per heavy atom. The van der Waals surface area contributed by atoms with Crippen molar-refractivity contribution < 1.29 is 4.79 Å². The van der Waals surface area contributed by atoms with E-state index in [-0.39, 0.29) is 5.91 Å². The number of aryl methyl sites for hydroxylation is 1. The molecule has 3 N–H and O–H groups in total. The molecule has 1 aromatic rings. The lowest BCUT2D eigenvalue weighted by molar-refractivity contribution is -0.115. The predicted molar refractivity (Wildman–Crippen MR) is 52.9 cm³/mol. The van der Waals surface area contributed by atoms with Crippen LogP contribution in [-0.2, 0) is 18.4 Å². The first-order chi connectivity index (χ1) is 6.65. The molecular weight excluding hydrogens is 180 g/mol. The van der Waals surface area contributed by atoms with Crippen LogP contribution in [0.2, 0.25) is 0 Å². The number of rotatable bonds is 2. The summed E-state index contributed by atoms with van der Waals surface area (Å²) >= 11 is 0. The SMILES string of the molecule is CC#CC(=O)NCc1cnn(C)c1N. The molecule has 1 aromatic heterocycles. The maximum atomic E-state index is 11.0. The summed E-state index contributed by atoms with van der Waals surface area (Å²) in [6.07, 6.45) is 1.62. The Morgan fingerprint density at radius 3 is 3.00 bits per heavy atom. The lowest BCUT2D eigenvalue weighted by atomic mass is 10.3. The number of amides is 1. The molecule has 0 aliphatic carbocycles. The molecule has 14 heavy (non-hydrogen) atoms. The van der Waals surface area contributed by atoms with E-state index >= 15 is 0 Å². The van der Waals surface area contributed by atoms with Gasteiger partial charge in [-0.3, -0.25) is 9.48 Å². The van der Waals surface area contributed by atoms with Crippen molar-refractivity contribution in [3.8, 4) is 11.8 Å². The molecule has 0 spiro atoms. The third-order valence-electron chi connectivity index (χ3n) is 1.74. The second-order valence-corrected chi connectivity index (χ2v) is 2.74. The van der Waals surface area contributed by atoms with E-state index in [9.17, 15) is 4.79 Å². The number of nitrogens with zero attached hydrogens (tertiary/aromatic N) is 2. The van der Waals surface area contributed by atoms with Crippen molar-refractivity contribution in [3.05, 3.63) is 11.8 Å². The summed E-state index contributed by atoms with van der Waals surface area (Å²) in [6.45, 7) is 1.96. The van der Waals surface area contributed by atoms with Gasteiger partial charge < -0.3 is 11.1 Å². The van der Waals surface area contributed by atoms with Crippen LogP contribution in [0.3, 0.4) is 0 Å². The summed E-state index contributed by atoms with van der Waals surface area (Å²) in [5.74, 6) is 5.12. The molecule has 0 aliphatic heterocycles. The maximum Gasteiger partial charge on any atom is 0.296 e. The summed E-state index contributed by atoms with van der Waals surface area (Å²) in [5.41, 5.74) is 6.47. The van der Waals surface area contributed by atoms with Crippen molar-refractivity contribution in [2.75, 3.05) is 5.73 Å². The zero-order valence-corrected chi connectivity index (χ0v) is 8.16. The summed E-state index contributed by atoms with van der Waals surface area (Å²) in [6, 6.07) is 0. The molecule has 1 heterocycles. The van der Waals surface area contributed by atoms with Gasteiger partial charge in [-0.2, -0.15) is 5.10 Å². The van der Waals surface area contributed by atoms with Crippen molar-refractivity contribution in [2.24, 2.45) is 7.05 Å². The normalized spacial score (nSPS) is 9.00. The molecule has 0 aliphatic rings. The highest BCUT2D eigenvalue weighted by Crippen LogP contribution is 2.07. The predicted octanol–water partition coefficient (Wildman–Crippen LogP) is -0.358. The average Bonchev–Trinajstić information content (AvgIpc) is 2.46. The van der Waals surface area contributed by atoms with E-state index < -0.39 is 0 Å². The van der Waals surface area contributed by atoms with Crippen LogP contribution in [0.5, 0.6) is 0 Å². The lowest BCUT2D eigenvalue weighted by Gasteiger charge is -2.00. The monoisotopic (exact) mass is 192 g/mol. The minimum atomic E-state index is -0.309.